The Morgan fingerprint density at radius 3 is 2.47 bits per heavy atom. The molecule has 0 fully saturated rings. The van der Waals surface area contributed by atoms with Crippen LogP contribution in [-0.2, 0) is 7.05 Å². The average molecular weight is 261 g/mol. The minimum absolute atomic E-state index is 0.224. The normalized spacial score (nSPS) is 10.8. The number of nitrogens with zero attached hydrogens (tertiary/aromatic N) is 4. The van der Waals surface area contributed by atoms with Gasteiger partial charge in [-0.05, 0) is 6.92 Å². The molecular weight excluding hydrogens is 242 g/mol. The Bertz CT molecular complexity index is 573. The summed E-state index contributed by atoms with van der Waals surface area (Å²) in [7, 11) is 1.87. The molecule has 102 valence electrons. The van der Waals surface area contributed by atoms with Crippen LogP contribution in [0.4, 0.5) is 17.3 Å². The number of nitrogen functional groups attached to an aromatic ring is 1. The fraction of sp³-hybridized carbons (Fsp3) is 0.417. The third-order valence-corrected chi connectivity index (χ3v) is 2.78. The molecule has 7 nitrogen and oxygen atoms in total. The van der Waals surface area contributed by atoms with Crippen molar-refractivity contribution in [1.82, 2.24) is 19.7 Å². The highest BCUT2D eigenvalue weighted by molar-refractivity contribution is 5.63. The smallest absolute Gasteiger partial charge is 0.148 e. The lowest BCUT2D eigenvalue weighted by Crippen LogP contribution is -2.14. The van der Waals surface area contributed by atoms with Crippen LogP contribution in [0.25, 0.3) is 0 Å². The van der Waals surface area contributed by atoms with Crippen LogP contribution in [0.15, 0.2) is 12.4 Å². The van der Waals surface area contributed by atoms with Gasteiger partial charge in [0.05, 0.1) is 11.9 Å². The number of hydrogen-bond donors (Lipinski definition) is 3. The van der Waals surface area contributed by atoms with Crippen molar-refractivity contribution in [2.45, 2.75) is 26.7 Å². The van der Waals surface area contributed by atoms with Gasteiger partial charge < -0.3 is 10.7 Å². The zero-order chi connectivity index (χ0) is 14.0. The van der Waals surface area contributed by atoms with Crippen molar-refractivity contribution in [2.24, 2.45) is 12.9 Å². The van der Waals surface area contributed by atoms with Crippen LogP contribution in [0, 0.1) is 6.92 Å². The molecule has 0 aromatic carbocycles. The number of hydrazine groups is 1. The number of nitrogens with two attached hydrogens (primary N) is 1. The van der Waals surface area contributed by atoms with Gasteiger partial charge in [-0.15, -0.1) is 0 Å². The van der Waals surface area contributed by atoms with E-state index in [0.29, 0.717) is 5.82 Å². The second-order valence-corrected chi connectivity index (χ2v) is 4.73. The van der Waals surface area contributed by atoms with E-state index in [4.69, 9.17) is 5.84 Å². The van der Waals surface area contributed by atoms with E-state index in [0.717, 1.165) is 22.9 Å². The number of aryl methyl sites for hydroxylation is 1. The summed E-state index contributed by atoms with van der Waals surface area (Å²) < 4.78 is 1.73. The molecule has 0 saturated heterocycles. The monoisotopic (exact) mass is 261 g/mol. The number of anilines is 3. The quantitative estimate of drug-likeness (QED) is 0.572. The molecular formula is C12H19N7. The molecule has 0 bridgehead atoms. The molecule has 0 radical (unpaired) electrons. The first kappa shape index (κ1) is 13.3. The van der Waals surface area contributed by atoms with Gasteiger partial charge in [0.1, 0.15) is 17.5 Å². The first-order chi connectivity index (χ1) is 9.01. The minimum Gasteiger partial charge on any atom is -0.337 e. The van der Waals surface area contributed by atoms with Gasteiger partial charge >= 0.3 is 0 Å². The van der Waals surface area contributed by atoms with E-state index < -0.39 is 0 Å². The zero-order valence-corrected chi connectivity index (χ0v) is 11.6. The highest BCUT2D eigenvalue weighted by Crippen LogP contribution is 2.25. The molecule has 4 N–H and O–H groups in total. The Kier molecular flexibility index (Phi) is 3.66. The van der Waals surface area contributed by atoms with Crippen LogP contribution in [0.1, 0.15) is 31.2 Å². The molecule has 2 aromatic rings. The molecule has 2 heterocycles. The molecule has 0 aliphatic heterocycles. The molecule has 0 spiro atoms. The second-order valence-electron chi connectivity index (χ2n) is 4.73. The first-order valence-electron chi connectivity index (χ1n) is 6.12. The topological polar surface area (TPSA) is 93.7 Å². The first-order valence-corrected chi connectivity index (χ1v) is 6.12. The summed E-state index contributed by atoms with van der Waals surface area (Å²) in [5.74, 6) is 7.83. The van der Waals surface area contributed by atoms with Crippen molar-refractivity contribution in [1.29, 1.82) is 0 Å². The van der Waals surface area contributed by atoms with E-state index in [1.54, 1.807) is 10.9 Å². The van der Waals surface area contributed by atoms with Gasteiger partial charge in [-0.2, -0.15) is 5.10 Å². The van der Waals surface area contributed by atoms with E-state index in [-0.39, 0.29) is 5.92 Å². The van der Waals surface area contributed by atoms with Crippen LogP contribution in [0.2, 0.25) is 0 Å². The Morgan fingerprint density at radius 2 is 1.95 bits per heavy atom. The maximum absolute atomic E-state index is 5.50. The van der Waals surface area contributed by atoms with E-state index in [1.807, 2.05) is 34.0 Å². The molecule has 0 aliphatic rings. The number of nitrogens with one attached hydrogen (secondary N) is 2. The molecule has 2 aromatic heterocycles. The summed E-state index contributed by atoms with van der Waals surface area (Å²) in [6, 6.07) is 0. The Hall–Kier alpha value is -2.15. The molecule has 0 saturated carbocycles. The van der Waals surface area contributed by atoms with Crippen molar-refractivity contribution in [3.8, 4) is 0 Å². The van der Waals surface area contributed by atoms with Gasteiger partial charge in [0.25, 0.3) is 0 Å². The SMILES string of the molecule is Cc1c(NN)nc(C(C)C)nc1Nc1cnn(C)c1. The average Bonchev–Trinajstić information content (AvgIpc) is 2.77. The van der Waals surface area contributed by atoms with E-state index in [1.165, 1.54) is 0 Å². The lowest BCUT2D eigenvalue weighted by Gasteiger charge is -2.14. The van der Waals surface area contributed by atoms with Crippen molar-refractivity contribution in [2.75, 3.05) is 10.7 Å². The largest absolute Gasteiger partial charge is 0.337 e. The van der Waals surface area contributed by atoms with Crippen molar-refractivity contribution >= 4 is 17.3 Å². The summed E-state index contributed by atoms with van der Waals surface area (Å²) in [4.78, 5) is 8.92. The van der Waals surface area contributed by atoms with Crippen LogP contribution < -0.4 is 16.6 Å². The van der Waals surface area contributed by atoms with Crippen molar-refractivity contribution in [3.05, 3.63) is 23.8 Å². The second kappa shape index (κ2) is 5.23. The number of rotatable bonds is 4. The van der Waals surface area contributed by atoms with E-state index in [9.17, 15) is 0 Å². The van der Waals surface area contributed by atoms with Gasteiger partial charge in [0.15, 0.2) is 0 Å². The molecule has 0 amide bonds. The van der Waals surface area contributed by atoms with Crippen LogP contribution in [0.5, 0.6) is 0 Å². The van der Waals surface area contributed by atoms with Crippen LogP contribution in [-0.4, -0.2) is 19.7 Å². The van der Waals surface area contributed by atoms with Gasteiger partial charge in [0.2, 0.25) is 0 Å². The molecule has 0 aliphatic carbocycles. The van der Waals surface area contributed by atoms with Crippen molar-refractivity contribution in [3.63, 3.8) is 0 Å². The Labute approximate surface area is 112 Å². The number of aromatic nitrogens is 4. The molecule has 2 rings (SSSR count). The summed E-state index contributed by atoms with van der Waals surface area (Å²) in [6.45, 7) is 6.00. The summed E-state index contributed by atoms with van der Waals surface area (Å²) in [5.41, 5.74) is 4.36. The Balaban J connectivity index is 2.40. The van der Waals surface area contributed by atoms with Crippen LogP contribution in [0.3, 0.4) is 0 Å². The van der Waals surface area contributed by atoms with Gasteiger partial charge in [-0.3, -0.25) is 4.68 Å². The highest BCUT2D eigenvalue weighted by atomic mass is 15.3. The minimum atomic E-state index is 0.224. The van der Waals surface area contributed by atoms with Crippen molar-refractivity contribution < 1.29 is 0 Å². The highest BCUT2D eigenvalue weighted by Gasteiger charge is 2.13. The third kappa shape index (κ3) is 2.82. The van der Waals surface area contributed by atoms with E-state index >= 15 is 0 Å². The van der Waals surface area contributed by atoms with Crippen LogP contribution >= 0.6 is 0 Å². The fourth-order valence-corrected chi connectivity index (χ4v) is 1.68. The third-order valence-electron chi connectivity index (χ3n) is 2.78. The molecule has 19 heavy (non-hydrogen) atoms. The maximum atomic E-state index is 5.50. The number of hydrogen-bond acceptors (Lipinski definition) is 6. The predicted molar refractivity (Wildman–Crippen MR) is 75.2 cm³/mol. The lowest BCUT2D eigenvalue weighted by atomic mass is 10.2. The summed E-state index contributed by atoms with van der Waals surface area (Å²) in [6.07, 6.45) is 3.62. The van der Waals surface area contributed by atoms with Gasteiger partial charge in [-0.1, -0.05) is 13.8 Å². The molecule has 0 atom stereocenters. The standard InChI is InChI=1S/C12H19N7/c1-7(2)10-16-11(8(3)12(17-10)18-13)15-9-5-14-19(4)6-9/h5-7H,13H2,1-4H3,(H2,15,16,17,18). The van der Waals surface area contributed by atoms with Gasteiger partial charge in [-0.25, -0.2) is 15.8 Å². The fourth-order valence-electron chi connectivity index (χ4n) is 1.68. The van der Waals surface area contributed by atoms with E-state index in [2.05, 4.69) is 25.8 Å². The molecule has 0 unspecified atom stereocenters. The van der Waals surface area contributed by atoms with Gasteiger partial charge in [0, 0.05) is 24.7 Å². The Morgan fingerprint density at radius 1 is 1.26 bits per heavy atom. The summed E-state index contributed by atoms with van der Waals surface area (Å²) >= 11 is 0. The predicted octanol–water partition coefficient (Wildman–Crippen LogP) is 1.67. The summed E-state index contributed by atoms with van der Waals surface area (Å²) in [5, 5.41) is 7.35. The maximum Gasteiger partial charge on any atom is 0.148 e. The molecule has 7 heteroatoms. The lowest BCUT2D eigenvalue weighted by molar-refractivity contribution is 0.767. The zero-order valence-electron chi connectivity index (χ0n) is 11.6.